The van der Waals surface area contributed by atoms with Crippen molar-refractivity contribution in [2.24, 2.45) is 0 Å². The molecule has 1 unspecified atom stereocenters. The third kappa shape index (κ3) is 2.63. The van der Waals surface area contributed by atoms with Crippen molar-refractivity contribution < 1.29 is 0 Å². The summed E-state index contributed by atoms with van der Waals surface area (Å²) in [5, 5.41) is 3.25. The molecule has 0 aliphatic carbocycles. The smallest absolute Gasteiger partial charge is 0.0795 e. The predicted octanol–water partition coefficient (Wildman–Crippen LogP) is 1.62. The second-order valence-electron chi connectivity index (χ2n) is 2.85. The van der Waals surface area contributed by atoms with E-state index in [0.29, 0.717) is 0 Å². The Hall–Kier alpha value is -1.22. The molecule has 3 nitrogen and oxygen atoms in total. The average molecular weight is 177 g/mol. The molecule has 1 rings (SSSR count). The third-order valence-electron chi connectivity index (χ3n) is 1.78. The fourth-order valence-corrected chi connectivity index (χ4v) is 1.09. The van der Waals surface area contributed by atoms with Crippen molar-refractivity contribution in [1.82, 2.24) is 15.3 Å². The highest BCUT2D eigenvalue weighted by Crippen LogP contribution is 2.08. The predicted molar refractivity (Wildman–Crippen MR) is 53.4 cm³/mol. The maximum Gasteiger partial charge on any atom is 0.0795 e. The van der Waals surface area contributed by atoms with E-state index in [1.54, 1.807) is 12.4 Å². The van der Waals surface area contributed by atoms with Crippen molar-refractivity contribution in [3.63, 3.8) is 0 Å². The lowest BCUT2D eigenvalue weighted by Crippen LogP contribution is -2.19. The first-order valence-electron chi connectivity index (χ1n) is 4.42. The van der Waals surface area contributed by atoms with Crippen molar-refractivity contribution in [2.75, 3.05) is 6.54 Å². The Morgan fingerprint density at radius 2 is 2.31 bits per heavy atom. The van der Waals surface area contributed by atoms with Crippen molar-refractivity contribution in [3.05, 3.63) is 36.4 Å². The molecule has 0 radical (unpaired) electrons. The van der Waals surface area contributed by atoms with Crippen LogP contribution in [0.25, 0.3) is 0 Å². The van der Waals surface area contributed by atoms with Gasteiger partial charge in [0.05, 0.1) is 23.6 Å². The van der Waals surface area contributed by atoms with Gasteiger partial charge in [0.2, 0.25) is 0 Å². The number of rotatable bonds is 4. The molecule has 1 atom stereocenters. The van der Waals surface area contributed by atoms with E-state index in [1.165, 1.54) is 0 Å². The average Bonchev–Trinajstić information content (AvgIpc) is 2.16. The van der Waals surface area contributed by atoms with Crippen LogP contribution in [0.5, 0.6) is 0 Å². The van der Waals surface area contributed by atoms with E-state index in [-0.39, 0.29) is 6.04 Å². The van der Waals surface area contributed by atoms with Gasteiger partial charge in [0.15, 0.2) is 0 Å². The van der Waals surface area contributed by atoms with Gasteiger partial charge in [-0.25, -0.2) is 0 Å². The van der Waals surface area contributed by atoms with E-state index in [2.05, 4.69) is 28.8 Å². The van der Waals surface area contributed by atoms with E-state index in [1.807, 2.05) is 13.0 Å². The molecule has 0 aromatic carbocycles. The van der Waals surface area contributed by atoms with Crippen LogP contribution in [0.15, 0.2) is 25.0 Å². The van der Waals surface area contributed by atoms with Crippen molar-refractivity contribution in [1.29, 1.82) is 0 Å². The number of aromatic nitrogens is 2. The van der Waals surface area contributed by atoms with Crippen LogP contribution in [0.1, 0.15) is 24.4 Å². The summed E-state index contributed by atoms with van der Waals surface area (Å²) in [4.78, 5) is 8.45. The SMILES string of the molecule is C=CC(NCC)c1cnc(C)cn1. The summed E-state index contributed by atoms with van der Waals surface area (Å²) in [6.45, 7) is 8.62. The Kier molecular flexibility index (Phi) is 3.58. The Balaban J connectivity index is 2.79. The Morgan fingerprint density at radius 1 is 1.54 bits per heavy atom. The number of hydrogen-bond donors (Lipinski definition) is 1. The standard InChI is InChI=1S/C10H15N3/c1-4-9(11-5-2)10-7-12-8(3)6-13-10/h4,6-7,9,11H,1,5H2,2-3H3. The van der Waals surface area contributed by atoms with Crippen molar-refractivity contribution in [3.8, 4) is 0 Å². The molecule has 70 valence electrons. The van der Waals surface area contributed by atoms with E-state index in [9.17, 15) is 0 Å². The second-order valence-corrected chi connectivity index (χ2v) is 2.85. The minimum Gasteiger partial charge on any atom is -0.306 e. The highest BCUT2D eigenvalue weighted by atomic mass is 14.9. The normalized spacial score (nSPS) is 12.5. The van der Waals surface area contributed by atoms with Crippen LogP contribution in [0, 0.1) is 6.92 Å². The molecule has 1 N–H and O–H groups in total. The lowest BCUT2D eigenvalue weighted by molar-refractivity contribution is 0.630. The van der Waals surface area contributed by atoms with Crippen LogP contribution >= 0.6 is 0 Å². The Labute approximate surface area is 78.9 Å². The first-order valence-corrected chi connectivity index (χ1v) is 4.42. The van der Waals surface area contributed by atoms with E-state index >= 15 is 0 Å². The van der Waals surface area contributed by atoms with Crippen LogP contribution in [-0.4, -0.2) is 16.5 Å². The van der Waals surface area contributed by atoms with Gasteiger partial charge in [0, 0.05) is 6.20 Å². The molecule has 3 heteroatoms. The van der Waals surface area contributed by atoms with Gasteiger partial charge in [-0.05, 0) is 13.5 Å². The Bertz CT molecular complexity index is 266. The van der Waals surface area contributed by atoms with Gasteiger partial charge < -0.3 is 5.32 Å². The molecule has 0 aliphatic rings. The molecule has 13 heavy (non-hydrogen) atoms. The maximum absolute atomic E-state index is 4.27. The zero-order chi connectivity index (χ0) is 9.68. The van der Waals surface area contributed by atoms with E-state index in [4.69, 9.17) is 0 Å². The van der Waals surface area contributed by atoms with Crippen LogP contribution < -0.4 is 5.32 Å². The summed E-state index contributed by atoms with van der Waals surface area (Å²) >= 11 is 0. The van der Waals surface area contributed by atoms with Gasteiger partial charge in [-0.1, -0.05) is 13.0 Å². The zero-order valence-electron chi connectivity index (χ0n) is 8.12. The van der Waals surface area contributed by atoms with Crippen LogP contribution in [0.3, 0.4) is 0 Å². The molecule has 1 aromatic rings. The van der Waals surface area contributed by atoms with E-state index < -0.39 is 0 Å². The minimum absolute atomic E-state index is 0.109. The number of nitrogens with one attached hydrogen (secondary N) is 1. The van der Waals surface area contributed by atoms with Gasteiger partial charge >= 0.3 is 0 Å². The zero-order valence-corrected chi connectivity index (χ0v) is 8.12. The number of likely N-dealkylation sites (N-methyl/N-ethyl adjacent to an activating group) is 1. The van der Waals surface area contributed by atoms with Gasteiger partial charge in [-0.3, -0.25) is 9.97 Å². The molecule has 0 saturated heterocycles. The van der Waals surface area contributed by atoms with Crippen LogP contribution in [0.2, 0.25) is 0 Å². The Morgan fingerprint density at radius 3 is 2.77 bits per heavy atom. The van der Waals surface area contributed by atoms with E-state index in [0.717, 1.165) is 17.9 Å². The maximum atomic E-state index is 4.27. The lowest BCUT2D eigenvalue weighted by atomic mass is 10.2. The molecule has 0 saturated carbocycles. The monoisotopic (exact) mass is 177 g/mol. The molecular weight excluding hydrogens is 162 g/mol. The first kappa shape index (κ1) is 9.86. The molecule has 0 fully saturated rings. The van der Waals surface area contributed by atoms with Crippen LogP contribution in [0.4, 0.5) is 0 Å². The number of hydrogen-bond acceptors (Lipinski definition) is 3. The summed E-state index contributed by atoms with van der Waals surface area (Å²) in [6, 6.07) is 0.109. The number of aryl methyl sites for hydroxylation is 1. The highest BCUT2D eigenvalue weighted by molar-refractivity contribution is 5.10. The summed E-state index contributed by atoms with van der Waals surface area (Å²) in [5.74, 6) is 0. The fraction of sp³-hybridized carbons (Fsp3) is 0.400. The largest absolute Gasteiger partial charge is 0.306 e. The first-order chi connectivity index (χ1) is 6.27. The summed E-state index contributed by atoms with van der Waals surface area (Å²) in [5.41, 5.74) is 1.85. The van der Waals surface area contributed by atoms with Crippen molar-refractivity contribution >= 4 is 0 Å². The molecule has 0 bridgehead atoms. The van der Waals surface area contributed by atoms with Gasteiger partial charge in [0.1, 0.15) is 0 Å². The molecular formula is C10H15N3. The summed E-state index contributed by atoms with van der Waals surface area (Å²) < 4.78 is 0. The van der Waals surface area contributed by atoms with Gasteiger partial charge in [-0.2, -0.15) is 0 Å². The highest BCUT2D eigenvalue weighted by Gasteiger charge is 2.06. The summed E-state index contributed by atoms with van der Waals surface area (Å²) in [7, 11) is 0. The molecule has 0 spiro atoms. The minimum atomic E-state index is 0.109. The number of nitrogens with zero attached hydrogens (tertiary/aromatic N) is 2. The third-order valence-corrected chi connectivity index (χ3v) is 1.78. The van der Waals surface area contributed by atoms with Crippen molar-refractivity contribution in [2.45, 2.75) is 19.9 Å². The van der Waals surface area contributed by atoms with Crippen LogP contribution in [-0.2, 0) is 0 Å². The molecule has 1 heterocycles. The molecule has 0 aliphatic heterocycles. The molecule has 0 amide bonds. The van der Waals surface area contributed by atoms with Gasteiger partial charge in [0.25, 0.3) is 0 Å². The fourth-order valence-electron chi connectivity index (χ4n) is 1.09. The van der Waals surface area contributed by atoms with Gasteiger partial charge in [-0.15, -0.1) is 6.58 Å². The lowest BCUT2D eigenvalue weighted by Gasteiger charge is -2.11. The molecule has 1 aromatic heterocycles. The quantitative estimate of drug-likeness (QED) is 0.710. The second kappa shape index (κ2) is 4.72. The topological polar surface area (TPSA) is 37.8 Å². The summed E-state index contributed by atoms with van der Waals surface area (Å²) in [6.07, 6.45) is 5.39.